The molecule has 2 atom stereocenters. The smallest absolute Gasteiger partial charge is 0.431 e. The number of fused-ring (bicyclic) bond motifs is 1. The molecule has 180 valence electrons. The monoisotopic (exact) mass is 471 g/mol. The Hall–Kier alpha value is -3.36. The van der Waals surface area contributed by atoms with E-state index in [0.717, 1.165) is 54.6 Å². The van der Waals surface area contributed by atoms with Gasteiger partial charge in [0.25, 0.3) is 0 Å². The average Bonchev–Trinajstić information content (AvgIpc) is 3.25. The van der Waals surface area contributed by atoms with Crippen LogP contribution in [0.1, 0.15) is 24.0 Å². The van der Waals surface area contributed by atoms with E-state index in [1.54, 1.807) is 20.1 Å². The summed E-state index contributed by atoms with van der Waals surface area (Å²) in [7, 11) is 1.68. The molecule has 0 bridgehead atoms. The topological polar surface area (TPSA) is 52.1 Å². The van der Waals surface area contributed by atoms with Crippen LogP contribution in [-0.2, 0) is 0 Å². The van der Waals surface area contributed by atoms with Crippen molar-refractivity contribution >= 4 is 22.8 Å². The number of halogens is 3. The standard InChI is InChI=1S/C25H28F3N5O/c1-16-23(24(31-30-16)25(26,27)28)17-7-8-19-18(15-17)20(9-10-29-19)32-11-13-33(14-12-32)21-5-3-4-6-22(21)34-2/h3-9,15-16,23,29-30H,10-14H2,1-2H3. The molecule has 6 nitrogen and oxygen atoms in total. The van der Waals surface area contributed by atoms with Gasteiger partial charge in [0.15, 0.2) is 5.71 Å². The van der Waals surface area contributed by atoms with Crippen LogP contribution >= 0.6 is 0 Å². The lowest BCUT2D eigenvalue weighted by Gasteiger charge is -2.40. The van der Waals surface area contributed by atoms with Crippen molar-refractivity contribution in [1.82, 2.24) is 10.3 Å². The van der Waals surface area contributed by atoms with E-state index in [0.29, 0.717) is 12.1 Å². The normalized spacial score (nSPS) is 22.4. The second-order valence-electron chi connectivity index (χ2n) is 8.81. The first-order valence-corrected chi connectivity index (χ1v) is 11.5. The number of methoxy groups -OCH3 is 1. The molecule has 5 rings (SSSR count). The van der Waals surface area contributed by atoms with Crippen LogP contribution in [0.2, 0.25) is 0 Å². The summed E-state index contributed by atoms with van der Waals surface area (Å²) >= 11 is 0. The van der Waals surface area contributed by atoms with E-state index in [4.69, 9.17) is 4.74 Å². The predicted molar refractivity (Wildman–Crippen MR) is 129 cm³/mol. The van der Waals surface area contributed by atoms with Crippen molar-refractivity contribution in [1.29, 1.82) is 0 Å². The Morgan fingerprint density at radius 1 is 1.03 bits per heavy atom. The van der Waals surface area contributed by atoms with Crippen molar-refractivity contribution < 1.29 is 17.9 Å². The fourth-order valence-corrected chi connectivity index (χ4v) is 5.11. The number of rotatable bonds is 4. The van der Waals surface area contributed by atoms with Crippen LogP contribution in [0, 0.1) is 0 Å². The Labute approximate surface area is 197 Å². The van der Waals surface area contributed by atoms with Crippen LogP contribution in [-0.4, -0.2) is 62.7 Å². The van der Waals surface area contributed by atoms with Gasteiger partial charge in [0, 0.05) is 49.7 Å². The summed E-state index contributed by atoms with van der Waals surface area (Å²) in [6.45, 7) is 5.70. The maximum atomic E-state index is 13.6. The van der Waals surface area contributed by atoms with Gasteiger partial charge in [-0.05, 0) is 42.8 Å². The quantitative estimate of drug-likeness (QED) is 0.698. The lowest BCUT2D eigenvalue weighted by atomic mass is 9.86. The summed E-state index contributed by atoms with van der Waals surface area (Å²) < 4.78 is 46.3. The summed E-state index contributed by atoms with van der Waals surface area (Å²) in [5.74, 6) is 0.0179. The van der Waals surface area contributed by atoms with Gasteiger partial charge in [0.2, 0.25) is 0 Å². The molecule has 0 spiro atoms. The van der Waals surface area contributed by atoms with Crippen LogP contribution in [0.5, 0.6) is 5.75 Å². The van der Waals surface area contributed by atoms with Crippen molar-refractivity contribution in [3.8, 4) is 5.75 Å². The maximum Gasteiger partial charge on any atom is 0.431 e. The Morgan fingerprint density at radius 2 is 1.76 bits per heavy atom. The first kappa shape index (κ1) is 22.4. The van der Waals surface area contributed by atoms with Gasteiger partial charge in [-0.15, -0.1) is 0 Å². The maximum absolute atomic E-state index is 13.6. The molecular formula is C25H28F3N5O. The average molecular weight is 472 g/mol. The minimum atomic E-state index is -4.47. The Bertz CT molecular complexity index is 1120. The zero-order valence-corrected chi connectivity index (χ0v) is 19.2. The second kappa shape index (κ2) is 8.77. The molecule has 0 radical (unpaired) electrons. The fourth-order valence-electron chi connectivity index (χ4n) is 5.11. The first-order valence-electron chi connectivity index (χ1n) is 11.5. The molecule has 9 heteroatoms. The molecule has 2 unspecified atom stereocenters. The molecule has 2 aromatic rings. The lowest BCUT2D eigenvalue weighted by Crippen LogP contribution is -2.46. The molecule has 3 aliphatic heterocycles. The van der Waals surface area contributed by atoms with E-state index in [2.05, 4.69) is 37.8 Å². The van der Waals surface area contributed by atoms with Gasteiger partial charge < -0.3 is 25.3 Å². The third-order valence-electron chi connectivity index (χ3n) is 6.79. The van der Waals surface area contributed by atoms with Crippen LogP contribution in [0.15, 0.2) is 53.6 Å². The highest BCUT2D eigenvalue weighted by atomic mass is 19.4. The van der Waals surface area contributed by atoms with Crippen LogP contribution in [0.25, 0.3) is 5.70 Å². The third kappa shape index (κ3) is 4.03. The molecule has 0 amide bonds. The highest BCUT2D eigenvalue weighted by molar-refractivity contribution is 5.97. The van der Waals surface area contributed by atoms with Crippen molar-refractivity contribution in [3.05, 3.63) is 59.7 Å². The number of alkyl halides is 3. The molecule has 0 aromatic heterocycles. The van der Waals surface area contributed by atoms with Gasteiger partial charge in [-0.1, -0.05) is 18.2 Å². The van der Waals surface area contributed by atoms with Crippen molar-refractivity contribution in [2.45, 2.75) is 25.1 Å². The second-order valence-corrected chi connectivity index (χ2v) is 8.81. The first-order chi connectivity index (χ1) is 16.4. The molecule has 1 fully saturated rings. The minimum Gasteiger partial charge on any atom is -0.495 e. The van der Waals surface area contributed by atoms with E-state index in [-0.39, 0.29) is 0 Å². The fraction of sp³-hybridized carbons (Fsp3) is 0.400. The number of hydrogen-bond donors (Lipinski definition) is 2. The van der Waals surface area contributed by atoms with E-state index in [1.807, 2.05) is 30.3 Å². The minimum absolute atomic E-state index is 0.428. The molecule has 3 aliphatic rings. The number of hydrogen-bond acceptors (Lipinski definition) is 6. The SMILES string of the molecule is COc1ccccc1N1CCN(C2=CCNc3ccc(C4C(C(F)(F)F)=NNC4C)cc32)CC1. The van der Waals surface area contributed by atoms with E-state index in [9.17, 15) is 13.2 Å². The van der Waals surface area contributed by atoms with Crippen LogP contribution in [0.3, 0.4) is 0 Å². The number of piperazine rings is 1. The molecule has 1 saturated heterocycles. The zero-order valence-electron chi connectivity index (χ0n) is 19.2. The number of nitrogens with zero attached hydrogens (tertiary/aromatic N) is 3. The van der Waals surface area contributed by atoms with Crippen LogP contribution < -0.4 is 20.4 Å². The van der Waals surface area contributed by atoms with E-state index >= 15 is 0 Å². The highest BCUT2D eigenvalue weighted by Gasteiger charge is 2.46. The largest absolute Gasteiger partial charge is 0.495 e. The predicted octanol–water partition coefficient (Wildman–Crippen LogP) is 4.28. The van der Waals surface area contributed by atoms with Crippen molar-refractivity contribution in [2.75, 3.05) is 50.1 Å². The molecule has 0 saturated carbocycles. The summed E-state index contributed by atoms with van der Waals surface area (Å²) in [6.07, 6.45) is -2.34. The zero-order chi connectivity index (χ0) is 23.9. The molecule has 2 aromatic carbocycles. The highest BCUT2D eigenvalue weighted by Crippen LogP contribution is 2.39. The van der Waals surface area contributed by atoms with Gasteiger partial charge >= 0.3 is 6.18 Å². The third-order valence-corrected chi connectivity index (χ3v) is 6.79. The number of anilines is 2. The van der Waals surface area contributed by atoms with E-state index < -0.39 is 23.8 Å². The van der Waals surface area contributed by atoms with Crippen LogP contribution in [0.4, 0.5) is 24.5 Å². The van der Waals surface area contributed by atoms with Gasteiger partial charge in [-0.2, -0.15) is 18.3 Å². The summed E-state index contributed by atoms with van der Waals surface area (Å²) in [5.41, 5.74) is 6.50. The number of hydrazone groups is 1. The Balaban J connectivity index is 1.38. The number of benzene rings is 2. The Morgan fingerprint density at radius 3 is 2.50 bits per heavy atom. The van der Waals surface area contributed by atoms with Crippen molar-refractivity contribution in [3.63, 3.8) is 0 Å². The molecule has 34 heavy (non-hydrogen) atoms. The van der Waals surface area contributed by atoms with Crippen molar-refractivity contribution in [2.24, 2.45) is 5.10 Å². The summed E-state index contributed by atoms with van der Waals surface area (Å²) in [6, 6.07) is 13.1. The Kier molecular flexibility index (Phi) is 5.79. The van der Waals surface area contributed by atoms with Gasteiger partial charge in [-0.25, -0.2) is 0 Å². The number of nitrogens with one attached hydrogen (secondary N) is 2. The van der Waals surface area contributed by atoms with Gasteiger partial charge in [-0.3, -0.25) is 0 Å². The molecule has 2 N–H and O–H groups in total. The molecule has 3 heterocycles. The molecule has 0 aliphatic carbocycles. The number of para-hydroxylation sites is 2. The van der Waals surface area contributed by atoms with Gasteiger partial charge in [0.1, 0.15) is 5.75 Å². The lowest BCUT2D eigenvalue weighted by molar-refractivity contribution is -0.0609. The van der Waals surface area contributed by atoms with Gasteiger partial charge in [0.05, 0.1) is 24.8 Å². The molecular weight excluding hydrogens is 443 g/mol. The summed E-state index contributed by atoms with van der Waals surface area (Å²) in [4.78, 5) is 4.64. The summed E-state index contributed by atoms with van der Waals surface area (Å²) in [5, 5.41) is 6.96. The number of ether oxygens (including phenoxy) is 1. The van der Waals surface area contributed by atoms with E-state index in [1.165, 1.54) is 0 Å².